The Kier molecular flexibility index (Phi) is 4.24. The first-order chi connectivity index (χ1) is 10.3. The first-order valence-corrected chi connectivity index (χ1v) is 7.34. The summed E-state index contributed by atoms with van der Waals surface area (Å²) in [7, 11) is -4.24. The third-order valence-electron chi connectivity index (χ3n) is 2.63. The lowest BCUT2D eigenvalue weighted by Crippen LogP contribution is -2.00. The van der Waals surface area contributed by atoms with Crippen molar-refractivity contribution < 1.29 is 22.3 Å². The Morgan fingerprint density at radius 1 is 1.27 bits per heavy atom. The van der Waals surface area contributed by atoms with E-state index in [0.717, 1.165) is 0 Å². The zero-order valence-corrected chi connectivity index (χ0v) is 12.1. The van der Waals surface area contributed by atoms with Crippen molar-refractivity contribution in [1.29, 1.82) is 0 Å². The predicted octanol–water partition coefficient (Wildman–Crippen LogP) is 2.27. The fourth-order valence-corrected chi connectivity index (χ4v) is 2.01. The Bertz CT molecular complexity index is 823. The maximum atomic E-state index is 10.9. The summed E-state index contributed by atoms with van der Waals surface area (Å²) in [6, 6.07) is 7.87. The molecule has 1 aromatic carbocycles. The molecule has 2 aromatic rings. The molecule has 2 rings (SSSR count). The smallest absolute Gasteiger partial charge is 0.399 e. The maximum absolute atomic E-state index is 10.9. The summed E-state index contributed by atoms with van der Waals surface area (Å²) in [6.45, 7) is 1.59. The van der Waals surface area contributed by atoms with Crippen LogP contribution in [0.15, 0.2) is 50.8 Å². The van der Waals surface area contributed by atoms with Crippen LogP contribution in [0, 0.1) is 10.1 Å². The Morgan fingerprint density at radius 2 is 1.91 bits per heavy atom. The molecule has 0 aliphatic carbocycles. The van der Waals surface area contributed by atoms with E-state index in [1.54, 1.807) is 6.92 Å². The van der Waals surface area contributed by atoms with Crippen molar-refractivity contribution >= 4 is 27.4 Å². The average molecular weight is 325 g/mol. The first kappa shape index (κ1) is 15.7. The number of nitro groups is 1. The third-order valence-corrected chi connectivity index (χ3v) is 3.50. The van der Waals surface area contributed by atoms with Gasteiger partial charge in [-0.1, -0.05) is 0 Å². The molecule has 0 radical (unpaired) electrons. The number of nitrogens with zero attached hydrogens (tertiary/aromatic N) is 2. The van der Waals surface area contributed by atoms with E-state index in [1.807, 2.05) is 0 Å². The summed E-state index contributed by atoms with van der Waals surface area (Å²) in [5.41, 5.74) is 3.47. The van der Waals surface area contributed by atoms with E-state index in [9.17, 15) is 18.5 Å². The first-order valence-electron chi connectivity index (χ1n) is 5.90. The Hall–Kier alpha value is -2.72. The lowest BCUT2D eigenvalue weighted by atomic mass is 10.3. The molecule has 0 saturated heterocycles. The SMILES string of the molecule is C/C(=N\Nc1ccc(S(=O)(=O)O)cc1)c1ccc([N+](=O)[O-])o1. The molecular weight excluding hydrogens is 314 g/mol. The highest BCUT2D eigenvalue weighted by molar-refractivity contribution is 7.85. The van der Waals surface area contributed by atoms with Gasteiger partial charge in [-0.3, -0.25) is 20.1 Å². The van der Waals surface area contributed by atoms with Crippen LogP contribution in [0.5, 0.6) is 0 Å². The van der Waals surface area contributed by atoms with Gasteiger partial charge < -0.3 is 4.42 Å². The molecule has 2 N–H and O–H groups in total. The molecule has 10 heteroatoms. The standard InChI is InChI=1S/C12H11N3O6S/c1-8(11-6-7-12(21-11)15(16)17)13-14-9-2-4-10(5-3-9)22(18,19)20/h2-7,14H,1H3,(H,18,19,20)/b13-8+. The summed E-state index contributed by atoms with van der Waals surface area (Å²) in [5, 5.41) is 14.5. The molecule has 0 aliphatic heterocycles. The van der Waals surface area contributed by atoms with Crippen molar-refractivity contribution in [2.75, 3.05) is 5.43 Å². The van der Waals surface area contributed by atoms with E-state index in [-0.39, 0.29) is 16.5 Å². The van der Waals surface area contributed by atoms with E-state index in [2.05, 4.69) is 10.5 Å². The van der Waals surface area contributed by atoms with Crippen LogP contribution < -0.4 is 5.43 Å². The van der Waals surface area contributed by atoms with Crippen molar-refractivity contribution in [2.24, 2.45) is 5.10 Å². The molecular formula is C12H11N3O6S. The van der Waals surface area contributed by atoms with Crippen LogP contribution in [-0.4, -0.2) is 23.6 Å². The molecule has 9 nitrogen and oxygen atoms in total. The topological polar surface area (TPSA) is 135 Å². The molecule has 0 saturated carbocycles. The lowest BCUT2D eigenvalue weighted by Gasteiger charge is -2.02. The van der Waals surface area contributed by atoms with E-state index < -0.39 is 15.0 Å². The zero-order chi connectivity index (χ0) is 16.3. The number of hydrogen-bond donors (Lipinski definition) is 2. The quantitative estimate of drug-likeness (QED) is 0.372. The van der Waals surface area contributed by atoms with Gasteiger partial charge in [0.15, 0.2) is 5.76 Å². The molecule has 22 heavy (non-hydrogen) atoms. The van der Waals surface area contributed by atoms with Crippen LogP contribution in [0.3, 0.4) is 0 Å². The van der Waals surface area contributed by atoms with Gasteiger partial charge in [-0.2, -0.15) is 13.5 Å². The second-order valence-electron chi connectivity index (χ2n) is 4.20. The number of hydrogen-bond acceptors (Lipinski definition) is 7. The molecule has 0 fully saturated rings. The third kappa shape index (κ3) is 3.68. The highest BCUT2D eigenvalue weighted by Crippen LogP contribution is 2.17. The summed E-state index contributed by atoms with van der Waals surface area (Å²) in [4.78, 5) is 9.63. The minimum atomic E-state index is -4.24. The van der Waals surface area contributed by atoms with E-state index in [1.165, 1.54) is 36.4 Å². The summed E-state index contributed by atoms with van der Waals surface area (Å²) >= 11 is 0. The number of hydrazone groups is 1. The minimum Gasteiger partial charge on any atom is -0.399 e. The van der Waals surface area contributed by atoms with Gasteiger partial charge in [0.2, 0.25) is 0 Å². The fourth-order valence-electron chi connectivity index (χ4n) is 1.53. The Labute approximate surface area is 125 Å². The summed E-state index contributed by atoms with van der Waals surface area (Å²) in [5.74, 6) is -0.157. The maximum Gasteiger partial charge on any atom is 0.433 e. The highest BCUT2D eigenvalue weighted by atomic mass is 32.2. The van der Waals surface area contributed by atoms with E-state index in [4.69, 9.17) is 8.97 Å². The molecule has 1 aromatic heterocycles. The number of rotatable bonds is 5. The second-order valence-corrected chi connectivity index (χ2v) is 5.62. The van der Waals surface area contributed by atoms with Crippen molar-refractivity contribution in [3.05, 3.63) is 52.3 Å². The van der Waals surface area contributed by atoms with Gasteiger partial charge in [-0.25, -0.2) is 0 Å². The Balaban J connectivity index is 2.11. The lowest BCUT2D eigenvalue weighted by molar-refractivity contribution is -0.402. The van der Waals surface area contributed by atoms with Crippen LogP contribution in [0.25, 0.3) is 0 Å². The van der Waals surface area contributed by atoms with Gasteiger partial charge in [0.05, 0.1) is 16.6 Å². The molecule has 0 atom stereocenters. The van der Waals surface area contributed by atoms with E-state index >= 15 is 0 Å². The molecule has 0 bridgehead atoms. The van der Waals surface area contributed by atoms with Gasteiger partial charge in [0.1, 0.15) is 10.6 Å². The molecule has 0 amide bonds. The van der Waals surface area contributed by atoms with Crippen molar-refractivity contribution in [3.63, 3.8) is 0 Å². The minimum absolute atomic E-state index is 0.230. The molecule has 116 valence electrons. The van der Waals surface area contributed by atoms with Crippen LogP contribution in [-0.2, 0) is 10.1 Å². The number of benzene rings is 1. The van der Waals surface area contributed by atoms with Gasteiger partial charge in [0.25, 0.3) is 10.1 Å². The van der Waals surface area contributed by atoms with Crippen LogP contribution in [0.1, 0.15) is 12.7 Å². The van der Waals surface area contributed by atoms with Gasteiger partial charge in [-0.15, -0.1) is 0 Å². The van der Waals surface area contributed by atoms with Crippen LogP contribution >= 0.6 is 0 Å². The Morgan fingerprint density at radius 3 is 2.41 bits per heavy atom. The predicted molar refractivity (Wildman–Crippen MR) is 77.5 cm³/mol. The monoisotopic (exact) mass is 325 g/mol. The average Bonchev–Trinajstić information content (AvgIpc) is 2.94. The van der Waals surface area contributed by atoms with Crippen molar-refractivity contribution in [1.82, 2.24) is 0 Å². The van der Waals surface area contributed by atoms with Crippen molar-refractivity contribution in [3.8, 4) is 0 Å². The van der Waals surface area contributed by atoms with Crippen molar-refractivity contribution in [2.45, 2.75) is 11.8 Å². The van der Waals surface area contributed by atoms with Crippen LogP contribution in [0.2, 0.25) is 0 Å². The van der Waals surface area contributed by atoms with Gasteiger partial charge in [0, 0.05) is 0 Å². The molecule has 0 aliphatic rings. The molecule has 0 unspecified atom stereocenters. The number of anilines is 1. The largest absolute Gasteiger partial charge is 0.433 e. The molecule has 1 heterocycles. The van der Waals surface area contributed by atoms with Gasteiger partial charge in [-0.05, 0) is 37.3 Å². The highest BCUT2D eigenvalue weighted by Gasteiger charge is 2.13. The second kappa shape index (κ2) is 5.95. The normalized spacial score (nSPS) is 12.2. The summed E-state index contributed by atoms with van der Waals surface area (Å²) in [6.07, 6.45) is 0. The number of nitrogens with one attached hydrogen (secondary N) is 1. The van der Waals surface area contributed by atoms with E-state index in [0.29, 0.717) is 11.4 Å². The number of furan rings is 1. The fraction of sp³-hybridized carbons (Fsp3) is 0.0833. The summed E-state index contributed by atoms with van der Waals surface area (Å²) < 4.78 is 35.6. The molecule has 0 spiro atoms. The van der Waals surface area contributed by atoms with Crippen LogP contribution in [0.4, 0.5) is 11.6 Å². The zero-order valence-electron chi connectivity index (χ0n) is 11.3. The van der Waals surface area contributed by atoms with Gasteiger partial charge >= 0.3 is 5.88 Å².